The van der Waals surface area contributed by atoms with Crippen molar-refractivity contribution in [2.75, 3.05) is 25.9 Å². The van der Waals surface area contributed by atoms with Crippen LogP contribution in [0.25, 0.3) is 10.9 Å². The molecular formula is C20H28N4O2S. The lowest BCUT2D eigenvalue weighted by atomic mass is 10.1. The van der Waals surface area contributed by atoms with E-state index in [9.17, 15) is 9.59 Å². The van der Waals surface area contributed by atoms with E-state index in [0.29, 0.717) is 25.9 Å². The second-order valence-corrected chi connectivity index (χ2v) is 8.34. The predicted molar refractivity (Wildman–Crippen MR) is 111 cm³/mol. The topological polar surface area (TPSA) is 91.2 Å². The number of aromatic nitrogens is 1. The number of nitrogens with two attached hydrogens (primary N) is 1. The predicted octanol–water partition coefficient (Wildman–Crippen LogP) is 1.90. The molecule has 0 bridgehead atoms. The van der Waals surface area contributed by atoms with Crippen molar-refractivity contribution in [3.63, 3.8) is 0 Å². The number of nitrogens with one attached hydrogen (secondary N) is 2. The molecule has 1 aliphatic heterocycles. The van der Waals surface area contributed by atoms with Gasteiger partial charge in [-0.2, -0.15) is 0 Å². The number of hydrogen-bond acceptors (Lipinski definition) is 4. The fraction of sp³-hybridized carbons (Fsp3) is 0.500. The van der Waals surface area contributed by atoms with E-state index in [2.05, 4.69) is 16.4 Å². The summed E-state index contributed by atoms with van der Waals surface area (Å²) in [7, 11) is 1.81. The maximum absolute atomic E-state index is 12.9. The summed E-state index contributed by atoms with van der Waals surface area (Å²) in [5, 5.41) is 3.95. The molecule has 1 aliphatic rings. The fourth-order valence-corrected chi connectivity index (χ4v) is 4.63. The number of rotatable bonds is 6. The average molecular weight is 389 g/mol. The van der Waals surface area contributed by atoms with Gasteiger partial charge >= 0.3 is 0 Å². The Morgan fingerprint density at radius 2 is 2.07 bits per heavy atom. The molecule has 0 radical (unpaired) electrons. The van der Waals surface area contributed by atoms with Gasteiger partial charge in [0, 0.05) is 36.4 Å². The molecule has 1 saturated heterocycles. The van der Waals surface area contributed by atoms with Crippen molar-refractivity contribution in [2.24, 2.45) is 5.73 Å². The molecule has 1 aromatic carbocycles. The third-order valence-electron chi connectivity index (χ3n) is 5.06. The highest BCUT2D eigenvalue weighted by Gasteiger charge is 2.30. The summed E-state index contributed by atoms with van der Waals surface area (Å²) < 4.78 is 0. The summed E-state index contributed by atoms with van der Waals surface area (Å²) in [6.45, 7) is 1.25. The van der Waals surface area contributed by atoms with Crippen LogP contribution in [0.15, 0.2) is 30.5 Å². The van der Waals surface area contributed by atoms with Crippen molar-refractivity contribution in [1.82, 2.24) is 15.2 Å². The zero-order chi connectivity index (χ0) is 19.2. The van der Waals surface area contributed by atoms with Gasteiger partial charge in [-0.15, -0.1) is 11.8 Å². The molecule has 1 fully saturated rings. The van der Waals surface area contributed by atoms with Crippen molar-refractivity contribution in [1.29, 1.82) is 0 Å². The first-order valence-corrected chi connectivity index (χ1v) is 10.6. The highest BCUT2D eigenvalue weighted by atomic mass is 32.2. The van der Waals surface area contributed by atoms with Crippen molar-refractivity contribution in [3.05, 3.63) is 36.0 Å². The Kier molecular flexibility index (Phi) is 6.79. The van der Waals surface area contributed by atoms with Crippen LogP contribution in [-0.4, -0.2) is 58.9 Å². The van der Waals surface area contributed by atoms with Crippen LogP contribution < -0.4 is 11.1 Å². The standard InChI is InChI=1S/C20H28N4O2S/c1-24-10-11-27-18(12-14-13-22-16-7-3-2-6-15(14)16)19(25)23-17(20(24)26)8-4-5-9-21/h2-3,6-7,13,17-18,22H,4-5,8-12,21H2,1H3,(H,23,25)/t17-,18-/m1/s1. The third-order valence-corrected chi connectivity index (χ3v) is 6.26. The Balaban J connectivity index is 1.75. The molecule has 4 N–H and O–H groups in total. The number of carbonyl (C=O) groups is 2. The van der Waals surface area contributed by atoms with Gasteiger partial charge in [-0.25, -0.2) is 0 Å². The number of unbranched alkanes of at least 4 members (excludes halogenated alkanes) is 1. The summed E-state index contributed by atoms with van der Waals surface area (Å²) in [5.41, 5.74) is 7.78. The van der Waals surface area contributed by atoms with E-state index in [4.69, 9.17) is 5.73 Å². The summed E-state index contributed by atoms with van der Waals surface area (Å²) in [5.74, 6) is 0.693. The lowest BCUT2D eigenvalue weighted by Crippen LogP contribution is -2.49. The molecule has 2 amide bonds. The van der Waals surface area contributed by atoms with Crippen LogP contribution in [0.4, 0.5) is 0 Å². The van der Waals surface area contributed by atoms with E-state index in [0.717, 1.165) is 35.1 Å². The van der Waals surface area contributed by atoms with Crippen LogP contribution in [0.3, 0.4) is 0 Å². The number of thioether (sulfide) groups is 1. The van der Waals surface area contributed by atoms with Crippen LogP contribution >= 0.6 is 11.8 Å². The lowest BCUT2D eigenvalue weighted by molar-refractivity contribution is -0.135. The maximum Gasteiger partial charge on any atom is 0.244 e. The first-order chi connectivity index (χ1) is 13.1. The maximum atomic E-state index is 12.9. The van der Waals surface area contributed by atoms with Gasteiger partial charge in [0.05, 0.1) is 5.25 Å². The smallest absolute Gasteiger partial charge is 0.244 e. The van der Waals surface area contributed by atoms with E-state index in [1.165, 1.54) is 0 Å². The highest BCUT2D eigenvalue weighted by molar-refractivity contribution is 8.00. The summed E-state index contributed by atoms with van der Waals surface area (Å²) in [6.07, 6.45) is 4.96. The monoisotopic (exact) mass is 388 g/mol. The SMILES string of the molecule is CN1CCS[C@H](Cc2c[nH]c3ccccc23)C(=O)N[C@H](CCCCN)C1=O. The molecule has 0 aliphatic carbocycles. The van der Waals surface area contributed by atoms with Gasteiger partial charge < -0.3 is 20.9 Å². The largest absolute Gasteiger partial charge is 0.361 e. The number of H-pyrrole nitrogens is 1. The molecule has 2 heterocycles. The Morgan fingerprint density at radius 3 is 2.89 bits per heavy atom. The number of fused-ring (bicyclic) bond motifs is 1. The molecule has 1 aromatic heterocycles. The van der Waals surface area contributed by atoms with Crippen molar-refractivity contribution >= 4 is 34.5 Å². The van der Waals surface area contributed by atoms with E-state index >= 15 is 0 Å². The number of para-hydroxylation sites is 1. The molecule has 3 rings (SSSR count). The van der Waals surface area contributed by atoms with E-state index < -0.39 is 6.04 Å². The molecule has 146 valence electrons. The van der Waals surface area contributed by atoms with Gasteiger partial charge in [0.1, 0.15) is 6.04 Å². The molecule has 0 spiro atoms. The minimum Gasteiger partial charge on any atom is -0.361 e. The highest BCUT2D eigenvalue weighted by Crippen LogP contribution is 2.24. The number of amides is 2. The normalized spacial score (nSPS) is 21.6. The molecule has 0 saturated carbocycles. The number of benzene rings is 1. The van der Waals surface area contributed by atoms with Crippen molar-refractivity contribution in [3.8, 4) is 0 Å². The van der Waals surface area contributed by atoms with Crippen LogP contribution in [0.5, 0.6) is 0 Å². The minimum atomic E-state index is -0.460. The number of likely N-dealkylation sites (N-methyl/N-ethyl adjacent to an activating group) is 1. The third kappa shape index (κ3) is 4.84. The number of hydrogen-bond donors (Lipinski definition) is 3. The first kappa shape index (κ1) is 19.8. The molecule has 0 unspecified atom stereocenters. The van der Waals surface area contributed by atoms with E-state index in [1.807, 2.05) is 31.4 Å². The van der Waals surface area contributed by atoms with E-state index in [-0.39, 0.29) is 17.1 Å². The van der Waals surface area contributed by atoms with Crippen molar-refractivity contribution in [2.45, 2.75) is 37.0 Å². The first-order valence-electron chi connectivity index (χ1n) is 9.52. The van der Waals surface area contributed by atoms with Crippen LogP contribution in [0, 0.1) is 0 Å². The van der Waals surface area contributed by atoms with Crippen LogP contribution in [-0.2, 0) is 16.0 Å². The molecule has 27 heavy (non-hydrogen) atoms. The minimum absolute atomic E-state index is 0.00582. The van der Waals surface area contributed by atoms with Crippen LogP contribution in [0.2, 0.25) is 0 Å². The quantitative estimate of drug-likeness (QED) is 0.659. The Bertz CT molecular complexity index is 791. The summed E-state index contributed by atoms with van der Waals surface area (Å²) >= 11 is 1.62. The Labute approximate surface area is 164 Å². The van der Waals surface area contributed by atoms with E-state index in [1.54, 1.807) is 16.7 Å². The number of nitrogens with zero attached hydrogens (tertiary/aromatic N) is 1. The second-order valence-electron chi connectivity index (χ2n) is 7.03. The summed E-state index contributed by atoms with van der Waals surface area (Å²) in [4.78, 5) is 30.6. The van der Waals surface area contributed by atoms with Gasteiger partial charge in [-0.05, 0) is 43.9 Å². The summed E-state index contributed by atoms with van der Waals surface area (Å²) in [6, 6.07) is 7.66. The second kappa shape index (κ2) is 9.28. The molecule has 2 atom stereocenters. The Morgan fingerprint density at radius 1 is 1.26 bits per heavy atom. The van der Waals surface area contributed by atoms with Crippen LogP contribution in [0.1, 0.15) is 24.8 Å². The van der Waals surface area contributed by atoms with Crippen molar-refractivity contribution < 1.29 is 9.59 Å². The number of carbonyl (C=O) groups excluding carboxylic acids is 2. The molecular weight excluding hydrogens is 360 g/mol. The van der Waals surface area contributed by atoms with Gasteiger partial charge in [0.15, 0.2) is 0 Å². The van der Waals surface area contributed by atoms with Gasteiger partial charge in [0.25, 0.3) is 0 Å². The van der Waals surface area contributed by atoms with Gasteiger partial charge in [-0.1, -0.05) is 18.2 Å². The number of aromatic amines is 1. The molecule has 7 heteroatoms. The average Bonchev–Trinajstić information content (AvgIpc) is 3.09. The molecule has 2 aromatic rings. The zero-order valence-corrected chi connectivity index (χ0v) is 16.6. The fourth-order valence-electron chi connectivity index (χ4n) is 3.45. The van der Waals surface area contributed by atoms with Gasteiger partial charge in [-0.3, -0.25) is 9.59 Å². The zero-order valence-electron chi connectivity index (χ0n) is 15.7. The van der Waals surface area contributed by atoms with Gasteiger partial charge in [0.2, 0.25) is 11.8 Å². The lowest BCUT2D eigenvalue weighted by Gasteiger charge is -2.23. The Hall–Kier alpha value is -1.99. The molecule has 6 nitrogen and oxygen atoms in total.